The van der Waals surface area contributed by atoms with Gasteiger partial charge in [-0.3, -0.25) is 0 Å². The van der Waals surface area contributed by atoms with Gasteiger partial charge in [-0.2, -0.15) is 0 Å². The van der Waals surface area contributed by atoms with E-state index in [0.29, 0.717) is 42.3 Å². The van der Waals surface area contributed by atoms with Crippen molar-refractivity contribution in [2.24, 2.45) is 11.1 Å². The van der Waals surface area contributed by atoms with Gasteiger partial charge in [0.05, 0.1) is 23.9 Å². The smallest absolute Gasteiger partial charge is 0.126 e. The number of hydrogen-bond donors (Lipinski definition) is 4. The van der Waals surface area contributed by atoms with Gasteiger partial charge in [-0.1, -0.05) is 24.6 Å². The van der Waals surface area contributed by atoms with Gasteiger partial charge in [0.1, 0.15) is 11.6 Å². The van der Waals surface area contributed by atoms with Gasteiger partial charge in [0.25, 0.3) is 0 Å². The molecule has 2 aromatic heterocycles. The van der Waals surface area contributed by atoms with Crippen LogP contribution in [0.15, 0.2) is 30.5 Å². The third kappa shape index (κ3) is 6.47. The van der Waals surface area contributed by atoms with Crippen molar-refractivity contribution in [3.63, 3.8) is 0 Å². The van der Waals surface area contributed by atoms with Gasteiger partial charge in [-0.05, 0) is 56.7 Å². The SMILES string of the molecule is CC1(CNC2CCC(Nc3cc(-c4cccc(NCC5(N)CCOCC5)n4)c(Cl)cn3)CC2)COC1. The van der Waals surface area contributed by atoms with Gasteiger partial charge in [-0.25, -0.2) is 9.97 Å². The fourth-order valence-electron chi connectivity index (χ4n) is 5.21. The van der Waals surface area contributed by atoms with Gasteiger partial charge >= 0.3 is 0 Å². The normalized spacial score (nSPS) is 25.1. The van der Waals surface area contributed by atoms with Crippen LogP contribution in [0.5, 0.6) is 0 Å². The number of nitrogens with two attached hydrogens (primary N) is 1. The van der Waals surface area contributed by atoms with Crippen molar-refractivity contribution in [2.75, 3.05) is 50.2 Å². The van der Waals surface area contributed by atoms with Crippen molar-refractivity contribution >= 4 is 23.2 Å². The molecule has 2 aromatic rings. The summed E-state index contributed by atoms with van der Waals surface area (Å²) >= 11 is 6.55. The molecule has 0 amide bonds. The zero-order valence-corrected chi connectivity index (χ0v) is 21.9. The minimum absolute atomic E-state index is 0.264. The Morgan fingerprint density at radius 2 is 1.78 bits per heavy atom. The fraction of sp³-hybridized carbons (Fsp3) is 0.630. The van der Waals surface area contributed by atoms with Crippen molar-refractivity contribution < 1.29 is 9.47 Å². The first-order valence-corrected chi connectivity index (χ1v) is 13.6. The van der Waals surface area contributed by atoms with Crippen LogP contribution in [0, 0.1) is 5.41 Å². The lowest BCUT2D eigenvalue weighted by Gasteiger charge is -2.40. The summed E-state index contributed by atoms with van der Waals surface area (Å²) in [5.74, 6) is 1.63. The van der Waals surface area contributed by atoms with Crippen LogP contribution >= 0.6 is 11.6 Å². The zero-order chi connectivity index (χ0) is 25.0. The topological polar surface area (TPSA) is 106 Å². The Balaban J connectivity index is 1.17. The van der Waals surface area contributed by atoms with Gasteiger partial charge < -0.3 is 31.2 Å². The maximum atomic E-state index is 6.55. The molecule has 0 spiro atoms. The number of hydrogen-bond acceptors (Lipinski definition) is 8. The first-order chi connectivity index (χ1) is 17.4. The minimum Gasteiger partial charge on any atom is -0.381 e. The highest BCUT2D eigenvalue weighted by atomic mass is 35.5. The molecule has 0 aromatic carbocycles. The van der Waals surface area contributed by atoms with E-state index in [1.54, 1.807) is 6.20 Å². The standard InChI is InChI=1S/C27H39ClN6O2/c1-26(17-36-18-26)15-31-19-5-7-20(8-6-19)33-25-13-21(22(28)14-30-25)23-3-2-4-24(34-23)32-16-27(29)9-11-35-12-10-27/h2-4,13-14,19-20,31H,5-12,15-18,29H2,1H3,(H,30,33)(H,32,34). The highest BCUT2D eigenvalue weighted by Gasteiger charge is 2.34. The van der Waals surface area contributed by atoms with Crippen LogP contribution in [-0.2, 0) is 9.47 Å². The fourth-order valence-corrected chi connectivity index (χ4v) is 5.41. The van der Waals surface area contributed by atoms with Gasteiger partial charge in [-0.15, -0.1) is 0 Å². The average molecular weight is 515 g/mol. The lowest BCUT2D eigenvalue weighted by atomic mass is 9.86. The molecular weight excluding hydrogens is 476 g/mol. The van der Waals surface area contributed by atoms with E-state index in [4.69, 9.17) is 31.8 Å². The van der Waals surface area contributed by atoms with E-state index in [2.05, 4.69) is 27.9 Å². The molecule has 0 atom stereocenters. The number of halogens is 1. The van der Waals surface area contributed by atoms with Crippen LogP contribution in [0.1, 0.15) is 45.4 Å². The third-order valence-corrected chi connectivity index (χ3v) is 8.09. The second kappa shape index (κ2) is 11.2. The molecule has 8 nitrogen and oxygen atoms in total. The van der Waals surface area contributed by atoms with E-state index in [1.807, 2.05) is 24.3 Å². The molecule has 1 aliphatic carbocycles. The second-order valence-electron chi connectivity index (χ2n) is 11.2. The molecule has 1 saturated carbocycles. The Hall–Kier alpha value is -1.97. The number of nitrogens with one attached hydrogen (secondary N) is 3. The van der Waals surface area contributed by atoms with Gasteiger partial charge in [0.15, 0.2) is 0 Å². The molecule has 2 saturated heterocycles. The molecule has 5 rings (SSSR count). The highest BCUT2D eigenvalue weighted by Crippen LogP contribution is 2.31. The molecule has 36 heavy (non-hydrogen) atoms. The molecule has 9 heteroatoms. The Kier molecular flexibility index (Phi) is 7.98. The number of pyridine rings is 2. The first kappa shape index (κ1) is 25.7. The Morgan fingerprint density at radius 3 is 2.50 bits per heavy atom. The average Bonchev–Trinajstić information content (AvgIpc) is 2.88. The Morgan fingerprint density at radius 1 is 1.03 bits per heavy atom. The third-order valence-electron chi connectivity index (χ3n) is 7.79. The molecule has 4 heterocycles. The van der Waals surface area contributed by atoms with E-state index in [9.17, 15) is 0 Å². The van der Waals surface area contributed by atoms with Crippen LogP contribution in [-0.4, -0.2) is 67.1 Å². The first-order valence-electron chi connectivity index (χ1n) is 13.2. The number of nitrogens with zero attached hydrogens (tertiary/aromatic N) is 2. The summed E-state index contributed by atoms with van der Waals surface area (Å²) in [6.07, 6.45) is 7.97. The lowest BCUT2D eigenvalue weighted by molar-refractivity contribution is -0.100. The number of anilines is 2. The summed E-state index contributed by atoms with van der Waals surface area (Å²) < 4.78 is 10.8. The molecule has 196 valence electrons. The van der Waals surface area contributed by atoms with Crippen molar-refractivity contribution in [1.29, 1.82) is 0 Å². The number of ether oxygens (including phenoxy) is 2. The maximum absolute atomic E-state index is 6.55. The van der Waals surface area contributed by atoms with Crippen LogP contribution in [0.2, 0.25) is 5.02 Å². The molecule has 0 bridgehead atoms. The summed E-state index contributed by atoms with van der Waals surface area (Å²) in [6, 6.07) is 8.94. The van der Waals surface area contributed by atoms with Crippen LogP contribution in [0.4, 0.5) is 11.6 Å². The zero-order valence-electron chi connectivity index (χ0n) is 21.2. The number of rotatable bonds is 9. The van der Waals surface area contributed by atoms with Crippen molar-refractivity contribution in [3.8, 4) is 11.3 Å². The summed E-state index contributed by atoms with van der Waals surface area (Å²) in [5, 5.41) is 11.4. The molecule has 3 fully saturated rings. The molecule has 0 radical (unpaired) electrons. The van der Waals surface area contributed by atoms with Crippen LogP contribution < -0.4 is 21.7 Å². The predicted octanol–water partition coefficient (Wildman–Crippen LogP) is 4.07. The molecule has 2 aliphatic heterocycles. The summed E-state index contributed by atoms with van der Waals surface area (Å²) in [6.45, 7) is 7.16. The van der Waals surface area contributed by atoms with Gasteiger partial charge in [0, 0.05) is 61.1 Å². The van der Waals surface area contributed by atoms with Crippen molar-refractivity contribution in [1.82, 2.24) is 15.3 Å². The van der Waals surface area contributed by atoms with Gasteiger partial charge in [0.2, 0.25) is 0 Å². The van der Waals surface area contributed by atoms with Crippen molar-refractivity contribution in [2.45, 2.75) is 63.1 Å². The highest BCUT2D eigenvalue weighted by molar-refractivity contribution is 6.33. The maximum Gasteiger partial charge on any atom is 0.126 e. The van der Waals surface area contributed by atoms with E-state index < -0.39 is 0 Å². The van der Waals surface area contributed by atoms with E-state index in [1.165, 1.54) is 12.8 Å². The quantitative estimate of drug-likeness (QED) is 0.397. The van der Waals surface area contributed by atoms with Crippen LogP contribution in [0.25, 0.3) is 11.3 Å². The largest absolute Gasteiger partial charge is 0.381 e. The second-order valence-corrected chi connectivity index (χ2v) is 11.6. The molecular formula is C27H39ClN6O2. The van der Waals surface area contributed by atoms with E-state index in [0.717, 1.165) is 68.3 Å². The van der Waals surface area contributed by atoms with E-state index in [-0.39, 0.29) is 5.54 Å². The molecule has 3 aliphatic rings. The van der Waals surface area contributed by atoms with Crippen molar-refractivity contribution in [3.05, 3.63) is 35.5 Å². The number of aromatic nitrogens is 2. The predicted molar refractivity (Wildman–Crippen MR) is 145 cm³/mol. The monoisotopic (exact) mass is 514 g/mol. The minimum atomic E-state index is -0.264. The summed E-state index contributed by atoms with van der Waals surface area (Å²) in [7, 11) is 0. The molecule has 5 N–H and O–H groups in total. The van der Waals surface area contributed by atoms with Crippen LogP contribution in [0.3, 0.4) is 0 Å². The summed E-state index contributed by atoms with van der Waals surface area (Å²) in [4.78, 5) is 9.36. The molecule has 0 unspecified atom stereocenters. The Bertz CT molecular complexity index is 1020. The Labute approximate surface area is 219 Å². The summed E-state index contributed by atoms with van der Waals surface area (Å²) in [5.41, 5.74) is 8.26. The lowest BCUT2D eigenvalue weighted by Crippen LogP contribution is -2.50. The van der Waals surface area contributed by atoms with E-state index >= 15 is 0 Å².